The van der Waals surface area contributed by atoms with Crippen molar-refractivity contribution < 1.29 is 33.0 Å². The zero-order chi connectivity index (χ0) is 19.1. The molecular weight excluding hydrogens is 347 g/mol. The fourth-order valence-corrected chi connectivity index (χ4v) is 2.46. The van der Waals surface area contributed by atoms with Crippen LogP contribution in [0.3, 0.4) is 0 Å². The fraction of sp³-hybridized carbons (Fsp3) is 0.471. The van der Waals surface area contributed by atoms with Crippen molar-refractivity contribution in [3.05, 3.63) is 29.6 Å². The summed E-state index contributed by atoms with van der Waals surface area (Å²) in [6, 6.07) is 3.71. The van der Waals surface area contributed by atoms with Gasteiger partial charge in [0.15, 0.2) is 5.78 Å². The van der Waals surface area contributed by atoms with E-state index in [2.05, 4.69) is 10.1 Å². The van der Waals surface area contributed by atoms with E-state index in [4.69, 9.17) is 9.47 Å². The first-order valence-electron chi connectivity index (χ1n) is 8.05. The third-order valence-electron chi connectivity index (χ3n) is 3.81. The number of rotatable bonds is 6. The first-order valence-corrected chi connectivity index (χ1v) is 8.05. The fourth-order valence-electron chi connectivity index (χ4n) is 2.46. The highest BCUT2D eigenvalue weighted by atomic mass is 19.1. The molecule has 1 saturated heterocycles. The minimum absolute atomic E-state index is 0.0973. The zero-order valence-corrected chi connectivity index (χ0v) is 14.6. The predicted molar refractivity (Wildman–Crippen MR) is 88.6 cm³/mol. The maximum atomic E-state index is 13.3. The van der Waals surface area contributed by atoms with Gasteiger partial charge in [0.1, 0.15) is 30.8 Å². The second kappa shape index (κ2) is 9.14. The van der Waals surface area contributed by atoms with E-state index in [1.807, 2.05) is 0 Å². The van der Waals surface area contributed by atoms with Crippen molar-refractivity contribution >= 4 is 17.8 Å². The average Bonchev–Trinajstić information content (AvgIpc) is 2.64. The van der Waals surface area contributed by atoms with E-state index < -0.39 is 18.0 Å². The molecule has 1 aliphatic heterocycles. The summed E-state index contributed by atoms with van der Waals surface area (Å²) in [4.78, 5) is 36.3. The third kappa shape index (κ3) is 5.41. The van der Waals surface area contributed by atoms with Crippen molar-refractivity contribution in [2.75, 3.05) is 40.0 Å². The normalized spacial score (nSPS) is 16.7. The van der Waals surface area contributed by atoms with Crippen molar-refractivity contribution in [1.82, 2.24) is 10.2 Å². The largest absolute Gasteiger partial charge is 0.490 e. The first kappa shape index (κ1) is 19.6. The van der Waals surface area contributed by atoms with Gasteiger partial charge in [0.05, 0.1) is 25.8 Å². The molecule has 0 radical (unpaired) electrons. The van der Waals surface area contributed by atoms with Crippen molar-refractivity contribution in [2.45, 2.75) is 13.0 Å². The number of ketones is 1. The van der Waals surface area contributed by atoms with E-state index in [0.29, 0.717) is 13.2 Å². The summed E-state index contributed by atoms with van der Waals surface area (Å²) in [5.41, 5.74) is 0.149. The molecule has 1 fully saturated rings. The Hall–Kier alpha value is -2.68. The Morgan fingerprint density at radius 2 is 2.15 bits per heavy atom. The number of hydrogen-bond acceptors (Lipinski definition) is 6. The van der Waals surface area contributed by atoms with Gasteiger partial charge in [-0.25, -0.2) is 9.18 Å². The second-order valence-electron chi connectivity index (χ2n) is 5.69. The van der Waals surface area contributed by atoms with Crippen LogP contribution in [0.2, 0.25) is 0 Å². The Morgan fingerprint density at radius 1 is 1.38 bits per heavy atom. The van der Waals surface area contributed by atoms with E-state index in [1.54, 1.807) is 4.90 Å². The number of halogens is 1. The number of amides is 2. The van der Waals surface area contributed by atoms with Crippen LogP contribution in [0, 0.1) is 5.82 Å². The predicted octanol–water partition coefficient (Wildman–Crippen LogP) is 0.990. The highest BCUT2D eigenvalue weighted by Crippen LogP contribution is 2.21. The molecule has 1 N–H and O–H groups in total. The van der Waals surface area contributed by atoms with Crippen LogP contribution in [0.25, 0.3) is 0 Å². The number of Topliss-reactive ketones (excluding diaryl/α,β-unsaturated/α-hetero) is 1. The standard InChI is InChI=1S/C17H21FN2O6/c1-11(21)14-7-12(18)3-4-15(14)26-10-13-9-20(5-6-25-13)16(22)8-19-17(23)24-2/h3-4,7,13H,5-6,8-10H2,1-2H3,(H,19,23). The number of hydrogen-bond donors (Lipinski definition) is 1. The van der Waals surface area contributed by atoms with E-state index in [-0.39, 0.29) is 42.7 Å². The van der Waals surface area contributed by atoms with Crippen molar-refractivity contribution in [1.29, 1.82) is 0 Å². The number of alkyl carbamates (subject to hydrolysis) is 1. The van der Waals surface area contributed by atoms with Crippen LogP contribution in [0.5, 0.6) is 5.75 Å². The smallest absolute Gasteiger partial charge is 0.407 e. The number of morpholine rings is 1. The molecule has 1 aromatic carbocycles. The van der Waals surface area contributed by atoms with Crippen LogP contribution in [-0.4, -0.2) is 68.7 Å². The first-order chi connectivity index (χ1) is 12.4. The molecular formula is C17H21FN2O6. The summed E-state index contributed by atoms with van der Waals surface area (Å²) >= 11 is 0. The monoisotopic (exact) mass is 368 g/mol. The van der Waals surface area contributed by atoms with Crippen molar-refractivity contribution in [2.24, 2.45) is 0 Å². The maximum Gasteiger partial charge on any atom is 0.407 e. The minimum atomic E-state index is -0.681. The lowest BCUT2D eigenvalue weighted by atomic mass is 10.1. The molecule has 0 spiro atoms. The molecule has 8 nitrogen and oxygen atoms in total. The summed E-state index contributed by atoms with van der Waals surface area (Å²) in [7, 11) is 1.21. The minimum Gasteiger partial charge on any atom is -0.490 e. The molecule has 1 aliphatic rings. The van der Waals surface area contributed by atoms with E-state index in [9.17, 15) is 18.8 Å². The van der Waals surface area contributed by atoms with E-state index in [1.165, 1.54) is 26.2 Å². The maximum absolute atomic E-state index is 13.3. The molecule has 1 atom stereocenters. The van der Waals surface area contributed by atoms with Gasteiger partial charge in [-0.1, -0.05) is 0 Å². The number of carbonyl (C=O) groups excluding carboxylic acids is 3. The molecule has 9 heteroatoms. The topological polar surface area (TPSA) is 94.2 Å². The van der Waals surface area contributed by atoms with Gasteiger partial charge >= 0.3 is 6.09 Å². The molecule has 26 heavy (non-hydrogen) atoms. The lowest BCUT2D eigenvalue weighted by Crippen LogP contribution is -2.50. The van der Waals surface area contributed by atoms with Crippen LogP contribution >= 0.6 is 0 Å². The number of ether oxygens (including phenoxy) is 3. The molecule has 0 aliphatic carbocycles. The van der Waals surface area contributed by atoms with Crippen LogP contribution in [0.15, 0.2) is 18.2 Å². The van der Waals surface area contributed by atoms with Gasteiger partial charge in [0.2, 0.25) is 5.91 Å². The quantitative estimate of drug-likeness (QED) is 0.753. The molecule has 0 bridgehead atoms. The third-order valence-corrected chi connectivity index (χ3v) is 3.81. The van der Waals surface area contributed by atoms with Gasteiger partial charge in [-0.15, -0.1) is 0 Å². The van der Waals surface area contributed by atoms with Crippen LogP contribution in [0.1, 0.15) is 17.3 Å². The molecule has 1 unspecified atom stereocenters. The van der Waals surface area contributed by atoms with Gasteiger partial charge in [0, 0.05) is 6.54 Å². The Labute approximate surface area is 150 Å². The van der Waals surface area contributed by atoms with Crippen LogP contribution in [-0.2, 0) is 14.3 Å². The molecule has 2 rings (SSSR count). The average molecular weight is 368 g/mol. The summed E-state index contributed by atoms with van der Waals surface area (Å²) in [5, 5.41) is 2.33. The molecule has 2 amide bonds. The Morgan fingerprint density at radius 3 is 2.85 bits per heavy atom. The highest BCUT2D eigenvalue weighted by molar-refractivity contribution is 5.96. The summed E-state index contributed by atoms with van der Waals surface area (Å²) < 4.78 is 28.9. The van der Waals surface area contributed by atoms with Crippen LogP contribution in [0.4, 0.5) is 9.18 Å². The van der Waals surface area contributed by atoms with Gasteiger partial charge < -0.3 is 24.4 Å². The number of nitrogens with zero attached hydrogens (tertiary/aromatic N) is 1. The second-order valence-corrected chi connectivity index (χ2v) is 5.69. The van der Waals surface area contributed by atoms with Crippen LogP contribution < -0.4 is 10.1 Å². The van der Waals surface area contributed by atoms with E-state index >= 15 is 0 Å². The number of methoxy groups -OCH3 is 1. The van der Waals surface area contributed by atoms with Crippen molar-refractivity contribution in [3.8, 4) is 5.75 Å². The molecule has 0 saturated carbocycles. The van der Waals surface area contributed by atoms with Gasteiger partial charge in [-0.2, -0.15) is 0 Å². The number of benzene rings is 1. The SMILES string of the molecule is COC(=O)NCC(=O)N1CCOC(COc2ccc(F)cc2C(C)=O)C1. The number of carbonyl (C=O) groups is 3. The zero-order valence-electron chi connectivity index (χ0n) is 14.6. The van der Waals surface area contributed by atoms with E-state index in [0.717, 1.165) is 6.07 Å². The van der Waals surface area contributed by atoms with Gasteiger partial charge in [-0.05, 0) is 25.1 Å². The Kier molecular flexibility index (Phi) is 6.90. The summed E-state index contributed by atoms with van der Waals surface area (Å²) in [6.45, 7) is 2.24. The lowest BCUT2D eigenvalue weighted by Gasteiger charge is -2.33. The molecule has 1 heterocycles. The summed E-state index contributed by atoms with van der Waals surface area (Å²) in [6.07, 6.45) is -1.09. The van der Waals surface area contributed by atoms with Gasteiger partial charge in [-0.3, -0.25) is 9.59 Å². The number of nitrogens with one attached hydrogen (secondary N) is 1. The Bertz CT molecular complexity index is 681. The van der Waals surface area contributed by atoms with Gasteiger partial charge in [0.25, 0.3) is 0 Å². The summed E-state index contributed by atoms with van der Waals surface area (Å²) in [5.74, 6) is -0.839. The molecule has 0 aromatic heterocycles. The molecule has 1 aromatic rings. The lowest BCUT2D eigenvalue weighted by molar-refractivity contribution is -0.138. The van der Waals surface area contributed by atoms with Crippen molar-refractivity contribution in [3.63, 3.8) is 0 Å². The Balaban J connectivity index is 1.90. The highest BCUT2D eigenvalue weighted by Gasteiger charge is 2.25. The molecule has 142 valence electrons.